The second-order valence-corrected chi connectivity index (χ2v) is 17.5. The number of benzene rings is 2. The third-order valence-electron chi connectivity index (χ3n) is 3.13. The van der Waals surface area contributed by atoms with E-state index >= 15 is 0 Å². The Morgan fingerprint density at radius 3 is 1.71 bits per heavy atom. The van der Waals surface area contributed by atoms with Crippen LogP contribution in [0, 0.1) is 0 Å². The van der Waals surface area contributed by atoms with Crippen LogP contribution in [0.25, 0.3) is 0 Å². The molecule has 0 spiro atoms. The molecule has 0 bridgehead atoms. The predicted octanol–water partition coefficient (Wildman–Crippen LogP) is 6.13. The summed E-state index contributed by atoms with van der Waals surface area (Å²) in [6.07, 6.45) is 0. The molecule has 0 saturated heterocycles. The molecule has 1 atom stereocenters. The van der Waals surface area contributed by atoms with Gasteiger partial charge in [0.15, 0.2) is 0 Å². The van der Waals surface area contributed by atoms with Gasteiger partial charge in [-0.05, 0) is 0 Å². The summed E-state index contributed by atoms with van der Waals surface area (Å²) in [5, 5.41) is 0.855. The molecule has 0 N–H and O–H groups in total. The molecule has 0 radical (unpaired) electrons. The first-order chi connectivity index (χ1) is 11.2. The van der Waals surface area contributed by atoms with Gasteiger partial charge in [0.2, 0.25) is 0 Å². The normalized spacial score (nSPS) is 13.4. The van der Waals surface area contributed by atoms with Crippen LogP contribution in [0.4, 0.5) is 0 Å². The second kappa shape index (κ2) is 8.42. The fourth-order valence-corrected chi connectivity index (χ4v) is 6.78. The third kappa shape index (κ3) is 5.12. The zero-order valence-corrected chi connectivity index (χ0v) is 17.5. The Kier molecular flexibility index (Phi) is 7.04. The van der Waals surface area contributed by atoms with Gasteiger partial charge in [-0.3, -0.25) is 0 Å². The molecule has 0 heterocycles. The number of Topliss-reactive ketones (excluding diaryl/α,β-unsaturated/α-hetero) is 2. The maximum atomic E-state index is 12.4. The number of hydrogen-bond acceptors (Lipinski definition) is 2. The number of alkyl halides is 1. The van der Waals surface area contributed by atoms with Crippen LogP contribution < -0.4 is 0 Å². The fraction of sp³-hybridized carbons (Fsp3) is 0.125. The molecule has 0 aromatic heterocycles. The van der Waals surface area contributed by atoms with E-state index in [-0.39, 0.29) is 11.1 Å². The SMILES string of the molecule is O=C(C[Se](Cl)(Cl)C(Cl)C(=O)c1ccc(Cl)cc1)c1ccc(Cl)cc1. The van der Waals surface area contributed by atoms with Crippen LogP contribution in [-0.2, 0) is 0 Å². The topological polar surface area (TPSA) is 34.1 Å². The maximum absolute atomic E-state index is 12.4. The predicted molar refractivity (Wildman–Crippen MR) is 103 cm³/mol. The van der Waals surface area contributed by atoms with Crippen LogP contribution >= 0.6 is 55.0 Å². The van der Waals surface area contributed by atoms with Crippen LogP contribution in [0.1, 0.15) is 20.7 Å². The molecule has 1 unspecified atom stereocenters. The molecule has 0 amide bonds. The summed E-state index contributed by atoms with van der Waals surface area (Å²) in [5.74, 6) is -0.687. The van der Waals surface area contributed by atoms with Gasteiger partial charge in [-0.15, -0.1) is 0 Å². The molecule has 0 aliphatic rings. The van der Waals surface area contributed by atoms with Crippen molar-refractivity contribution in [2.24, 2.45) is 0 Å². The molecular weight excluding hydrogens is 480 g/mol. The van der Waals surface area contributed by atoms with Gasteiger partial charge in [0, 0.05) is 0 Å². The van der Waals surface area contributed by atoms with Crippen molar-refractivity contribution in [3.8, 4) is 0 Å². The third-order valence-corrected chi connectivity index (χ3v) is 12.4. The number of carbonyl (C=O) groups is 2. The molecule has 2 aromatic carbocycles. The van der Waals surface area contributed by atoms with Crippen molar-refractivity contribution in [2.45, 2.75) is 9.59 Å². The van der Waals surface area contributed by atoms with Gasteiger partial charge in [0.25, 0.3) is 0 Å². The first-order valence-corrected chi connectivity index (χ1v) is 14.5. The van der Waals surface area contributed by atoms with Crippen molar-refractivity contribution >= 4 is 77.6 Å². The first-order valence-electron chi connectivity index (χ1n) is 6.62. The molecule has 0 aliphatic heterocycles. The van der Waals surface area contributed by atoms with E-state index in [9.17, 15) is 9.59 Å². The Morgan fingerprint density at radius 2 is 1.25 bits per heavy atom. The molecule has 8 heteroatoms. The molecule has 0 aliphatic carbocycles. The van der Waals surface area contributed by atoms with Crippen LogP contribution in [0.3, 0.4) is 0 Å². The summed E-state index contributed by atoms with van der Waals surface area (Å²) in [4.78, 5) is 24.8. The number of carbonyl (C=O) groups excluding carboxylic acids is 2. The van der Waals surface area contributed by atoms with E-state index < -0.39 is 21.1 Å². The number of halogens is 5. The van der Waals surface area contributed by atoms with Gasteiger partial charge in [-0.25, -0.2) is 0 Å². The van der Waals surface area contributed by atoms with E-state index in [1.807, 2.05) is 0 Å². The Bertz CT molecular complexity index is 744. The number of hydrogen-bond donors (Lipinski definition) is 0. The van der Waals surface area contributed by atoms with Crippen LogP contribution in [0.15, 0.2) is 48.5 Å². The van der Waals surface area contributed by atoms with E-state index in [4.69, 9.17) is 55.0 Å². The molecule has 2 rings (SSSR count). The van der Waals surface area contributed by atoms with E-state index in [2.05, 4.69) is 0 Å². The van der Waals surface area contributed by atoms with Crippen molar-refractivity contribution in [1.29, 1.82) is 0 Å². The van der Waals surface area contributed by atoms with Gasteiger partial charge in [-0.2, -0.15) is 0 Å². The Balaban J connectivity index is 2.13. The Hall–Kier alpha value is -0.251. The van der Waals surface area contributed by atoms with Crippen LogP contribution in [0.5, 0.6) is 0 Å². The molecule has 128 valence electrons. The van der Waals surface area contributed by atoms with E-state index in [1.165, 1.54) is 0 Å². The standard InChI is InChI=1S/C16H11Cl5O2Se/c17-12-5-1-10(2-6-12)14(22)9-24(20,21)16(19)15(23)11-3-7-13(18)8-4-11/h1-8,16H,9H2. The summed E-state index contributed by atoms with van der Waals surface area (Å²) in [6, 6.07) is 12.6. The second-order valence-electron chi connectivity index (χ2n) is 4.88. The monoisotopic (exact) mass is 490 g/mol. The van der Waals surface area contributed by atoms with Crippen molar-refractivity contribution in [2.75, 3.05) is 0 Å². The van der Waals surface area contributed by atoms with Crippen molar-refractivity contribution < 1.29 is 9.59 Å². The molecule has 2 nitrogen and oxygen atoms in total. The van der Waals surface area contributed by atoms with Crippen LogP contribution in [0.2, 0.25) is 15.4 Å². The van der Waals surface area contributed by atoms with Gasteiger partial charge in [0.1, 0.15) is 0 Å². The molecule has 2 aromatic rings. The Morgan fingerprint density at radius 1 is 0.833 bits per heavy atom. The summed E-state index contributed by atoms with van der Waals surface area (Å²) >= 11 is 14.2. The van der Waals surface area contributed by atoms with Crippen LogP contribution in [-0.4, -0.2) is 26.9 Å². The molecule has 0 saturated carbocycles. The Labute approximate surface area is 165 Å². The minimum absolute atomic E-state index is 0.158. The number of rotatable bonds is 6. The van der Waals surface area contributed by atoms with Gasteiger partial charge >= 0.3 is 166 Å². The minimum atomic E-state index is -3.58. The zero-order valence-electron chi connectivity index (χ0n) is 12.0. The average Bonchev–Trinajstić information content (AvgIpc) is 2.54. The van der Waals surface area contributed by atoms with E-state index in [0.717, 1.165) is 0 Å². The zero-order chi connectivity index (χ0) is 17.9. The van der Waals surface area contributed by atoms with Gasteiger partial charge in [-0.1, -0.05) is 0 Å². The fourth-order valence-electron chi connectivity index (χ4n) is 1.87. The van der Waals surface area contributed by atoms with E-state index in [0.29, 0.717) is 21.2 Å². The molecule has 0 fully saturated rings. The van der Waals surface area contributed by atoms with Gasteiger partial charge in [0.05, 0.1) is 0 Å². The average molecular weight is 491 g/mol. The summed E-state index contributed by atoms with van der Waals surface area (Å²) in [5.41, 5.74) is 0.770. The summed E-state index contributed by atoms with van der Waals surface area (Å²) in [6.45, 7) is 0. The van der Waals surface area contributed by atoms with Crippen molar-refractivity contribution in [3.63, 3.8) is 0 Å². The van der Waals surface area contributed by atoms with Crippen molar-refractivity contribution in [3.05, 3.63) is 69.7 Å². The summed E-state index contributed by atoms with van der Waals surface area (Å²) < 4.78 is -1.14. The van der Waals surface area contributed by atoms with Gasteiger partial charge < -0.3 is 0 Å². The van der Waals surface area contributed by atoms with E-state index in [1.54, 1.807) is 48.5 Å². The summed E-state index contributed by atoms with van der Waals surface area (Å²) in [7, 11) is 12.7. The number of ketones is 2. The quantitative estimate of drug-likeness (QED) is 0.277. The molecular formula is C16H11Cl5O2Se. The first kappa shape index (κ1) is 20.1. The van der Waals surface area contributed by atoms with Crippen molar-refractivity contribution in [1.82, 2.24) is 0 Å². The molecule has 24 heavy (non-hydrogen) atoms.